The van der Waals surface area contributed by atoms with Crippen molar-refractivity contribution < 1.29 is 0 Å². The summed E-state index contributed by atoms with van der Waals surface area (Å²) in [5.74, 6) is 0.492. The Morgan fingerprint density at radius 2 is 2.18 bits per heavy atom. The summed E-state index contributed by atoms with van der Waals surface area (Å²) in [6, 6.07) is 7.91. The number of anilines is 1. The number of fused-ring (bicyclic) bond motifs is 1. The van der Waals surface area contributed by atoms with Crippen molar-refractivity contribution >= 4 is 32.7 Å². The van der Waals surface area contributed by atoms with Gasteiger partial charge in [0.15, 0.2) is 0 Å². The Morgan fingerprint density at radius 3 is 2.88 bits per heavy atom. The van der Waals surface area contributed by atoms with Crippen LogP contribution in [0, 0.1) is 0 Å². The van der Waals surface area contributed by atoms with Crippen LogP contribution < -0.4 is 5.73 Å². The van der Waals surface area contributed by atoms with E-state index in [-0.39, 0.29) is 0 Å². The molecule has 0 amide bonds. The lowest BCUT2D eigenvalue weighted by Gasteiger charge is -1.99. The second kappa shape index (κ2) is 3.59. The van der Waals surface area contributed by atoms with Gasteiger partial charge in [-0.2, -0.15) is 10.2 Å². The number of halogens is 1. The molecule has 0 aliphatic rings. The Labute approximate surface area is 106 Å². The van der Waals surface area contributed by atoms with Crippen LogP contribution in [0.1, 0.15) is 0 Å². The number of H-pyrrole nitrogens is 1. The Bertz CT molecular complexity index is 697. The minimum atomic E-state index is 0.492. The van der Waals surface area contributed by atoms with Gasteiger partial charge >= 0.3 is 0 Å². The number of aryl methyl sites for hydroxylation is 1. The molecule has 0 unspecified atom stereocenters. The van der Waals surface area contributed by atoms with E-state index in [2.05, 4.69) is 37.3 Å². The standard InChI is InChI=1S/C11H10BrN5/c1-17-9-4-6(8-5-10(13)15-14-8)2-3-7(9)11(12)16-17/h2-5H,1H3,(H3,13,14,15). The normalized spacial score (nSPS) is 11.2. The van der Waals surface area contributed by atoms with Crippen molar-refractivity contribution in [1.82, 2.24) is 20.0 Å². The number of benzene rings is 1. The van der Waals surface area contributed by atoms with Crippen LogP contribution in [0.3, 0.4) is 0 Å². The highest BCUT2D eigenvalue weighted by atomic mass is 79.9. The van der Waals surface area contributed by atoms with Crippen LogP contribution in [-0.2, 0) is 7.05 Å². The van der Waals surface area contributed by atoms with Gasteiger partial charge in [-0.05, 0) is 28.1 Å². The van der Waals surface area contributed by atoms with Gasteiger partial charge in [-0.1, -0.05) is 6.07 Å². The summed E-state index contributed by atoms with van der Waals surface area (Å²) in [7, 11) is 1.91. The Morgan fingerprint density at radius 1 is 1.35 bits per heavy atom. The van der Waals surface area contributed by atoms with E-state index in [1.165, 1.54) is 0 Å². The third-order valence-corrected chi connectivity index (χ3v) is 3.30. The van der Waals surface area contributed by atoms with Crippen LogP contribution in [0.2, 0.25) is 0 Å². The number of nitrogens with two attached hydrogens (primary N) is 1. The van der Waals surface area contributed by atoms with Crippen molar-refractivity contribution in [2.75, 3.05) is 5.73 Å². The van der Waals surface area contributed by atoms with Gasteiger partial charge in [0.1, 0.15) is 10.4 Å². The van der Waals surface area contributed by atoms with Gasteiger partial charge in [0.2, 0.25) is 0 Å². The van der Waals surface area contributed by atoms with Crippen molar-refractivity contribution in [3.8, 4) is 11.3 Å². The van der Waals surface area contributed by atoms with Crippen molar-refractivity contribution in [3.05, 3.63) is 28.9 Å². The molecule has 0 saturated heterocycles. The van der Waals surface area contributed by atoms with E-state index in [9.17, 15) is 0 Å². The van der Waals surface area contributed by atoms with Crippen molar-refractivity contribution in [2.24, 2.45) is 7.05 Å². The molecule has 0 fully saturated rings. The number of hydrogen-bond donors (Lipinski definition) is 2. The van der Waals surface area contributed by atoms with Gasteiger partial charge in [0.25, 0.3) is 0 Å². The minimum Gasteiger partial charge on any atom is -0.382 e. The summed E-state index contributed by atoms with van der Waals surface area (Å²) in [6.07, 6.45) is 0. The number of aromatic amines is 1. The molecule has 0 aliphatic carbocycles. The Kier molecular flexibility index (Phi) is 2.19. The zero-order chi connectivity index (χ0) is 12.0. The van der Waals surface area contributed by atoms with E-state index in [1.807, 2.05) is 29.9 Å². The van der Waals surface area contributed by atoms with E-state index in [1.54, 1.807) is 0 Å². The number of aromatic nitrogens is 4. The van der Waals surface area contributed by atoms with Crippen LogP contribution in [-0.4, -0.2) is 20.0 Å². The van der Waals surface area contributed by atoms with Crippen LogP contribution in [0.5, 0.6) is 0 Å². The summed E-state index contributed by atoms with van der Waals surface area (Å²) >= 11 is 3.43. The molecule has 0 aliphatic heterocycles. The van der Waals surface area contributed by atoms with Crippen LogP contribution in [0.15, 0.2) is 28.9 Å². The topological polar surface area (TPSA) is 72.5 Å². The second-order valence-electron chi connectivity index (χ2n) is 3.85. The molecule has 2 heterocycles. The number of hydrogen-bond acceptors (Lipinski definition) is 3. The molecule has 3 rings (SSSR count). The summed E-state index contributed by atoms with van der Waals surface area (Å²) in [5, 5.41) is 12.2. The molecule has 0 bridgehead atoms. The highest BCUT2D eigenvalue weighted by Gasteiger charge is 2.08. The van der Waals surface area contributed by atoms with Crippen LogP contribution >= 0.6 is 15.9 Å². The molecule has 5 nitrogen and oxygen atoms in total. The van der Waals surface area contributed by atoms with Gasteiger partial charge in [-0.3, -0.25) is 9.78 Å². The Balaban J connectivity index is 2.22. The zero-order valence-electron chi connectivity index (χ0n) is 9.11. The number of nitrogens with zero attached hydrogens (tertiary/aromatic N) is 3. The number of rotatable bonds is 1. The van der Waals surface area contributed by atoms with Gasteiger partial charge in [-0.15, -0.1) is 0 Å². The largest absolute Gasteiger partial charge is 0.382 e. The molecule has 3 N–H and O–H groups in total. The molecule has 17 heavy (non-hydrogen) atoms. The first-order valence-electron chi connectivity index (χ1n) is 5.08. The van der Waals surface area contributed by atoms with Gasteiger partial charge in [-0.25, -0.2) is 0 Å². The third kappa shape index (κ3) is 1.61. The van der Waals surface area contributed by atoms with Gasteiger partial charge < -0.3 is 5.73 Å². The maximum Gasteiger partial charge on any atom is 0.145 e. The molecule has 2 aromatic heterocycles. The third-order valence-electron chi connectivity index (χ3n) is 2.72. The summed E-state index contributed by atoms with van der Waals surface area (Å²) < 4.78 is 2.69. The van der Waals surface area contributed by atoms with Crippen LogP contribution in [0.25, 0.3) is 22.2 Å². The van der Waals surface area contributed by atoms with E-state index in [4.69, 9.17) is 5.73 Å². The predicted molar refractivity (Wildman–Crippen MR) is 70.4 cm³/mol. The van der Waals surface area contributed by atoms with Gasteiger partial charge in [0, 0.05) is 24.1 Å². The molecule has 1 aromatic carbocycles. The smallest absolute Gasteiger partial charge is 0.145 e. The first kappa shape index (κ1) is 10.3. The monoisotopic (exact) mass is 291 g/mol. The molecular weight excluding hydrogens is 282 g/mol. The second-order valence-corrected chi connectivity index (χ2v) is 4.60. The van der Waals surface area contributed by atoms with Crippen molar-refractivity contribution in [1.29, 1.82) is 0 Å². The molecule has 0 atom stereocenters. The highest BCUT2D eigenvalue weighted by molar-refractivity contribution is 9.10. The van der Waals surface area contributed by atoms with E-state index in [0.29, 0.717) is 5.82 Å². The van der Waals surface area contributed by atoms with E-state index in [0.717, 1.165) is 26.8 Å². The van der Waals surface area contributed by atoms with Gasteiger partial charge in [0.05, 0.1) is 11.2 Å². The highest BCUT2D eigenvalue weighted by Crippen LogP contribution is 2.27. The molecule has 0 radical (unpaired) electrons. The fraction of sp³-hybridized carbons (Fsp3) is 0.0909. The average molecular weight is 292 g/mol. The fourth-order valence-corrected chi connectivity index (χ4v) is 2.44. The lowest BCUT2D eigenvalue weighted by molar-refractivity contribution is 0.788. The van der Waals surface area contributed by atoms with Crippen LogP contribution in [0.4, 0.5) is 5.82 Å². The lowest BCUT2D eigenvalue weighted by Crippen LogP contribution is -1.89. The Hall–Kier alpha value is -1.82. The summed E-state index contributed by atoms with van der Waals surface area (Å²) in [4.78, 5) is 0. The lowest BCUT2D eigenvalue weighted by atomic mass is 10.1. The SMILES string of the molecule is Cn1nc(Br)c2ccc(-c3cc(N)n[nH]3)cc21. The van der Waals surface area contributed by atoms with Crippen molar-refractivity contribution in [3.63, 3.8) is 0 Å². The van der Waals surface area contributed by atoms with Crippen molar-refractivity contribution in [2.45, 2.75) is 0 Å². The summed E-state index contributed by atoms with van der Waals surface area (Å²) in [6.45, 7) is 0. The van der Waals surface area contributed by atoms with E-state index >= 15 is 0 Å². The molecule has 0 saturated carbocycles. The summed E-state index contributed by atoms with van der Waals surface area (Å²) in [5.41, 5.74) is 8.60. The molecule has 6 heteroatoms. The van der Waals surface area contributed by atoms with E-state index < -0.39 is 0 Å². The first-order chi connectivity index (χ1) is 8.15. The molecule has 86 valence electrons. The zero-order valence-corrected chi connectivity index (χ0v) is 10.7. The fourth-order valence-electron chi connectivity index (χ4n) is 1.87. The quantitative estimate of drug-likeness (QED) is 0.723. The number of nitrogens with one attached hydrogen (secondary N) is 1. The molecule has 3 aromatic rings. The first-order valence-corrected chi connectivity index (χ1v) is 5.88. The minimum absolute atomic E-state index is 0.492. The average Bonchev–Trinajstić information content (AvgIpc) is 2.85. The molecule has 0 spiro atoms. The maximum atomic E-state index is 5.60. The number of nitrogen functional groups attached to an aromatic ring is 1. The maximum absolute atomic E-state index is 5.60. The molecular formula is C11H10BrN5. The predicted octanol–water partition coefficient (Wildman–Crippen LogP) is 2.31.